The molecule has 0 radical (unpaired) electrons. The summed E-state index contributed by atoms with van der Waals surface area (Å²) in [5, 5.41) is 17.2. The Kier molecular flexibility index (Phi) is 5.97. The number of benzene rings is 1. The largest absolute Gasteiger partial charge is 0.390 e. The Balaban J connectivity index is 1.57. The van der Waals surface area contributed by atoms with Gasteiger partial charge in [0.15, 0.2) is 5.76 Å². The zero-order valence-corrected chi connectivity index (χ0v) is 16.1. The predicted octanol–water partition coefficient (Wildman–Crippen LogP) is 2.95. The third-order valence-corrected chi connectivity index (χ3v) is 4.78. The van der Waals surface area contributed by atoms with Crippen molar-refractivity contribution in [3.63, 3.8) is 0 Å². The van der Waals surface area contributed by atoms with Crippen LogP contribution in [0, 0.1) is 5.41 Å². The number of carbonyl (C=O) groups excluding carboxylic acids is 1. The summed E-state index contributed by atoms with van der Waals surface area (Å²) in [5.74, 6) is 0.680. The Morgan fingerprint density at radius 2 is 2.00 bits per heavy atom. The average molecular weight is 372 g/mol. The van der Waals surface area contributed by atoms with E-state index in [-0.39, 0.29) is 12.0 Å². The van der Waals surface area contributed by atoms with E-state index >= 15 is 0 Å². The second-order valence-electron chi connectivity index (χ2n) is 8.15. The number of carbonyl (C=O) groups is 1. The molecular formula is C21H28N2O4. The molecule has 2 heterocycles. The van der Waals surface area contributed by atoms with Gasteiger partial charge < -0.3 is 19.7 Å². The monoisotopic (exact) mass is 372 g/mol. The minimum atomic E-state index is -0.571. The zero-order chi connectivity index (χ0) is 19.4. The Hall–Kier alpha value is -2.18. The molecule has 0 saturated carbocycles. The molecule has 1 aliphatic rings. The molecule has 0 aliphatic carbocycles. The van der Waals surface area contributed by atoms with Gasteiger partial charge in [-0.15, -0.1) is 0 Å². The van der Waals surface area contributed by atoms with Crippen molar-refractivity contribution in [1.29, 1.82) is 0 Å². The summed E-state index contributed by atoms with van der Waals surface area (Å²) in [4.78, 5) is 12.1. The third kappa shape index (κ3) is 5.17. The fourth-order valence-corrected chi connectivity index (χ4v) is 3.12. The standard InChI is InChI=1S/C21H28N2O4/c1-21(2,3)20(25)22-13-19-17(24)10-9-16(26-19)11-15-12-18(27-23-15)14-7-5-4-6-8-14/h4-8,12,16-17,19,24H,9-11,13H2,1-3H3,(H,22,25)/t16-,17-,19+/m0/s1. The minimum Gasteiger partial charge on any atom is -0.390 e. The maximum atomic E-state index is 12.1. The molecule has 27 heavy (non-hydrogen) atoms. The first kappa shape index (κ1) is 19.6. The predicted molar refractivity (Wildman–Crippen MR) is 102 cm³/mol. The number of hydrogen-bond acceptors (Lipinski definition) is 5. The van der Waals surface area contributed by atoms with E-state index < -0.39 is 17.6 Å². The van der Waals surface area contributed by atoms with Crippen molar-refractivity contribution in [3.05, 3.63) is 42.1 Å². The first-order valence-electron chi connectivity index (χ1n) is 9.46. The Bertz CT molecular complexity index is 751. The van der Waals surface area contributed by atoms with Gasteiger partial charge in [-0.2, -0.15) is 0 Å². The molecule has 146 valence electrons. The van der Waals surface area contributed by atoms with Gasteiger partial charge in [0.05, 0.1) is 17.9 Å². The van der Waals surface area contributed by atoms with Gasteiger partial charge in [0.25, 0.3) is 0 Å². The highest BCUT2D eigenvalue weighted by molar-refractivity contribution is 5.81. The van der Waals surface area contributed by atoms with Crippen molar-refractivity contribution in [2.75, 3.05) is 6.54 Å². The highest BCUT2D eigenvalue weighted by Gasteiger charge is 2.32. The van der Waals surface area contributed by atoms with E-state index in [9.17, 15) is 9.90 Å². The molecule has 1 saturated heterocycles. The van der Waals surface area contributed by atoms with E-state index in [0.29, 0.717) is 19.4 Å². The highest BCUT2D eigenvalue weighted by Crippen LogP contribution is 2.25. The van der Waals surface area contributed by atoms with Crippen LogP contribution in [0.15, 0.2) is 40.9 Å². The lowest BCUT2D eigenvalue weighted by Gasteiger charge is -2.34. The molecule has 6 nitrogen and oxygen atoms in total. The van der Waals surface area contributed by atoms with Crippen LogP contribution in [0.4, 0.5) is 0 Å². The molecule has 1 aromatic carbocycles. The van der Waals surface area contributed by atoms with Crippen molar-refractivity contribution < 1.29 is 19.2 Å². The molecule has 1 aliphatic heterocycles. The summed E-state index contributed by atoms with van der Waals surface area (Å²) in [5.41, 5.74) is 1.35. The summed E-state index contributed by atoms with van der Waals surface area (Å²) >= 11 is 0. The highest BCUT2D eigenvalue weighted by atomic mass is 16.5. The molecule has 1 amide bonds. The van der Waals surface area contributed by atoms with Gasteiger partial charge >= 0.3 is 0 Å². The van der Waals surface area contributed by atoms with Gasteiger partial charge in [-0.1, -0.05) is 56.3 Å². The van der Waals surface area contributed by atoms with Gasteiger partial charge in [-0.25, -0.2) is 0 Å². The molecule has 6 heteroatoms. The van der Waals surface area contributed by atoms with E-state index in [2.05, 4.69) is 10.5 Å². The zero-order valence-electron chi connectivity index (χ0n) is 16.1. The lowest BCUT2D eigenvalue weighted by Crippen LogP contribution is -2.48. The first-order valence-corrected chi connectivity index (χ1v) is 9.46. The summed E-state index contributed by atoms with van der Waals surface area (Å²) < 4.78 is 11.5. The van der Waals surface area contributed by atoms with Crippen LogP contribution in [0.1, 0.15) is 39.3 Å². The SMILES string of the molecule is CC(C)(C)C(=O)NC[C@H]1O[C@H](Cc2cc(-c3ccccc3)on2)CC[C@@H]1O. The van der Waals surface area contributed by atoms with Gasteiger partial charge in [0, 0.05) is 30.0 Å². The Morgan fingerprint density at radius 1 is 1.26 bits per heavy atom. The smallest absolute Gasteiger partial charge is 0.225 e. The van der Waals surface area contributed by atoms with Crippen molar-refractivity contribution >= 4 is 5.91 Å². The summed E-state index contributed by atoms with van der Waals surface area (Å²) in [6, 6.07) is 11.8. The quantitative estimate of drug-likeness (QED) is 0.843. The number of nitrogens with one attached hydrogen (secondary N) is 1. The van der Waals surface area contributed by atoms with Crippen LogP contribution in [0.2, 0.25) is 0 Å². The van der Waals surface area contributed by atoms with Crippen LogP contribution in [0.5, 0.6) is 0 Å². The fourth-order valence-electron chi connectivity index (χ4n) is 3.12. The van der Waals surface area contributed by atoms with E-state index in [1.165, 1.54) is 0 Å². The number of amides is 1. The van der Waals surface area contributed by atoms with E-state index in [0.717, 1.165) is 23.4 Å². The summed E-state index contributed by atoms with van der Waals surface area (Å²) in [6.45, 7) is 5.89. The van der Waals surface area contributed by atoms with Crippen molar-refractivity contribution in [3.8, 4) is 11.3 Å². The number of hydrogen-bond donors (Lipinski definition) is 2. The Labute approximate surface area is 159 Å². The van der Waals surface area contributed by atoms with Crippen molar-refractivity contribution in [2.24, 2.45) is 5.41 Å². The fraction of sp³-hybridized carbons (Fsp3) is 0.524. The summed E-state index contributed by atoms with van der Waals surface area (Å²) in [6.07, 6.45) is 0.975. The number of rotatable bonds is 5. The van der Waals surface area contributed by atoms with Gasteiger partial charge in [0.1, 0.15) is 6.10 Å². The lowest BCUT2D eigenvalue weighted by molar-refractivity contribution is -0.134. The lowest BCUT2D eigenvalue weighted by atomic mass is 9.95. The van der Waals surface area contributed by atoms with E-state index in [1.807, 2.05) is 57.2 Å². The molecule has 3 atom stereocenters. The number of aliphatic hydroxyl groups excluding tert-OH is 1. The number of aromatic nitrogens is 1. The first-order chi connectivity index (χ1) is 12.8. The molecular weight excluding hydrogens is 344 g/mol. The topological polar surface area (TPSA) is 84.6 Å². The van der Waals surface area contributed by atoms with Crippen LogP contribution >= 0.6 is 0 Å². The second kappa shape index (κ2) is 8.23. The van der Waals surface area contributed by atoms with Crippen LogP contribution in [-0.4, -0.2) is 41.0 Å². The van der Waals surface area contributed by atoms with E-state index in [4.69, 9.17) is 9.26 Å². The molecule has 1 fully saturated rings. The molecule has 0 unspecified atom stereocenters. The van der Waals surface area contributed by atoms with Crippen molar-refractivity contribution in [2.45, 2.75) is 58.3 Å². The third-order valence-electron chi connectivity index (χ3n) is 4.78. The van der Waals surface area contributed by atoms with Crippen molar-refractivity contribution in [1.82, 2.24) is 10.5 Å². The average Bonchev–Trinajstić information content (AvgIpc) is 3.10. The summed E-state index contributed by atoms with van der Waals surface area (Å²) in [7, 11) is 0. The van der Waals surface area contributed by atoms with Crippen LogP contribution in [-0.2, 0) is 16.0 Å². The van der Waals surface area contributed by atoms with Gasteiger partial charge in [-0.3, -0.25) is 4.79 Å². The molecule has 0 bridgehead atoms. The molecule has 2 N–H and O–H groups in total. The van der Waals surface area contributed by atoms with Gasteiger partial charge in [-0.05, 0) is 12.8 Å². The maximum Gasteiger partial charge on any atom is 0.225 e. The Morgan fingerprint density at radius 3 is 2.70 bits per heavy atom. The minimum absolute atomic E-state index is 0.0515. The maximum absolute atomic E-state index is 12.1. The van der Waals surface area contributed by atoms with Crippen LogP contribution in [0.25, 0.3) is 11.3 Å². The van der Waals surface area contributed by atoms with Crippen LogP contribution in [0.3, 0.4) is 0 Å². The van der Waals surface area contributed by atoms with Gasteiger partial charge in [0.2, 0.25) is 5.91 Å². The number of aliphatic hydroxyl groups is 1. The second-order valence-corrected chi connectivity index (χ2v) is 8.15. The molecule has 3 rings (SSSR count). The molecule has 2 aromatic rings. The normalized spacial score (nSPS) is 23.2. The molecule has 1 aromatic heterocycles. The van der Waals surface area contributed by atoms with Crippen LogP contribution < -0.4 is 5.32 Å². The van der Waals surface area contributed by atoms with E-state index in [1.54, 1.807) is 0 Å². The molecule has 0 spiro atoms. The number of ether oxygens (including phenoxy) is 1. The number of nitrogens with zero attached hydrogens (tertiary/aromatic N) is 1.